The number of halogens is 1. The Kier molecular flexibility index (Phi) is 7.41. The minimum atomic E-state index is -1.02. The van der Waals surface area contributed by atoms with Crippen LogP contribution >= 0.6 is 15.9 Å². The SMILES string of the molecule is CC(C(=O)CCc1ccc(Br)cc1)C(c1ccccc1)N(C(=O)O)C(C)(C)C. The molecule has 0 radical (unpaired) electrons. The van der Waals surface area contributed by atoms with Gasteiger partial charge >= 0.3 is 6.09 Å². The standard InChI is InChI=1S/C23H28BrNO3/c1-16(20(26)15-12-17-10-13-19(24)14-11-17)21(18-8-6-5-7-9-18)25(22(27)28)23(2,3)4/h5-11,13-14,16,21H,12,15H2,1-4H3,(H,27,28). The van der Waals surface area contributed by atoms with Crippen LogP contribution in [0.3, 0.4) is 0 Å². The largest absolute Gasteiger partial charge is 0.465 e. The lowest BCUT2D eigenvalue weighted by atomic mass is 9.85. The van der Waals surface area contributed by atoms with Gasteiger partial charge in [0.25, 0.3) is 0 Å². The number of rotatable bonds is 7. The summed E-state index contributed by atoms with van der Waals surface area (Å²) in [6.07, 6.45) is -0.00138. The fraction of sp³-hybridized carbons (Fsp3) is 0.391. The van der Waals surface area contributed by atoms with Crippen LogP contribution in [-0.4, -0.2) is 27.4 Å². The number of hydrogen-bond acceptors (Lipinski definition) is 2. The Morgan fingerprint density at radius 3 is 2.11 bits per heavy atom. The van der Waals surface area contributed by atoms with E-state index in [0.29, 0.717) is 12.8 Å². The van der Waals surface area contributed by atoms with Crippen LogP contribution < -0.4 is 0 Å². The van der Waals surface area contributed by atoms with Crippen LogP contribution in [0.5, 0.6) is 0 Å². The number of carbonyl (C=O) groups is 2. The molecule has 4 nitrogen and oxygen atoms in total. The number of nitrogens with zero attached hydrogens (tertiary/aromatic N) is 1. The third-order valence-corrected chi connectivity index (χ3v) is 5.43. The van der Waals surface area contributed by atoms with Crippen molar-refractivity contribution in [3.63, 3.8) is 0 Å². The van der Waals surface area contributed by atoms with Gasteiger partial charge in [0.2, 0.25) is 0 Å². The summed E-state index contributed by atoms with van der Waals surface area (Å²) in [5.41, 5.74) is 1.29. The van der Waals surface area contributed by atoms with Gasteiger partial charge in [-0.2, -0.15) is 0 Å². The summed E-state index contributed by atoms with van der Waals surface area (Å²) in [6.45, 7) is 7.41. The van der Waals surface area contributed by atoms with Gasteiger partial charge < -0.3 is 5.11 Å². The fourth-order valence-electron chi connectivity index (χ4n) is 3.46. The van der Waals surface area contributed by atoms with Gasteiger partial charge in [0, 0.05) is 22.4 Å². The van der Waals surface area contributed by atoms with Crippen LogP contribution in [0.15, 0.2) is 59.1 Å². The van der Waals surface area contributed by atoms with E-state index in [4.69, 9.17) is 0 Å². The third-order valence-electron chi connectivity index (χ3n) is 4.90. The highest BCUT2D eigenvalue weighted by molar-refractivity contribution is 9.10. The summed E-state index contributed by atoms with van der Waals surface area (Å²) < 4.78 is 1.00. The van der Waals surface area contributed by atoms with Crippen molar-refractivity contribution >= 4 is 27.8 Å². The van der Waals surface area contributed by atoms with E-state index in [0.717, 1.165) is 15.6 Å². The molecule has 2 aromatic carbocycles. The fourth-order valence-corrected chi connectivity index (χ4v) is 3.72. The van der Waals surface area contributed by atoms with Gasteiger partial charge in [-0.3, -0.25) is 9.69 Å². The molecule has 0 saturated heterocycles. The molecule has 1 N–H and O–H groups in total. The van der Waals surface area contributed by atoms with E-state index in [9.17, 15) is 14.7 Å². The van der Waals surface area contributed by atoms with Crippen molar-refractivity contribution in [2.45, 2.75) is 52.1 Å². The van der Waals surface area contributed by atoms with E-state index in [2.05, 4.69) is 15.9 Å². The van der Waals surface area contributed by atoms with Crippen LogP contribution in [-0.2, 0) is 11.2 Å². The Bertz CT molecular complexity index is 797. The zero-order valence-electron chi connectivity index (χ0n) is 16.9. The van der Waals surface area contributed by atoms with Crippen LogP contribution in [0.4, 0.5) is 4.79 Å². The molecule has 0 saturated carbocycles. The number of benzene rings is 2. The van der Waals surface area contributed by atoms with E-state index in [1.54, 1.807) is 0 Å². The zero-order chi connectivity index (χ0) is 20.9. The van der Waals surface area contributed by atoms with Crippen molar-refractivity contribution in [2.24, 2.45) is 5.92 Å². The quantitative estimate of drug-likeness (QED) is 0.559. The predicted octanol–water partition coefficient (Wildman–Crippen LogP) is 6.11. The first-order valence-corrected chi connectivity index (χ1v) is 10.2. The molecular weight excluding hydrogens is 418 g/mol. The van der Waals surface area contributed by atoms with E-state index in [-0.39, 0.29) is 5.78 Å². The number of aryl methyl sites for hydroxylation is 1. The Balaban J connectivity index is 2.27. The molecule has 0 spiro atoms. The van der Waals surface area contributed by atoms with Crippen molar-refractivity contribution in [3.8, 4) is 0 Å². The summed E-state index contributed by atoms with van der Waals surface area (Å²) in [5.74, 6) is -0.388. The number of Topliss-reactive ketones (excluding diaryl/α,β-unsaturated/α-hetero) is 1. The summed E-state index contributed by atoms with van der Waals surface area (Å²) in [6, 6.07) is 16.8. The first-order chi connectivity index (χ1) is 13.1. The normalized spacial score (nSPS) is 13.6. The molecule has 0 heterocycles. The molecule has 2 aromatic rings. The molecule has 28 heavy (non-hydrogen) atoms. The Morgan fingerprint density at radius 2 is 1.61 bits per heavy atom. The van der Waals surface area contributed by atoms with Crippen LogP contribution in [0, 0.1) is 5.92 Å². The molecule has 2 atom stereocenters. The second-order valence-corrected chi connectivity index (χ2v) is 8.98. The minimum absolute atomic E-state index is 0.0623. The van der Waals surface area contributed by atoms with Crippen molar-refractivity contribution < 1.29 is 14.7 Å². The molecule has 0 bridgehead atoms. The molecular formula is C23H28BrNO3. The molecule has 0 fully saturated rings. The van der Waals surface area contributed by atoms with Gasteiger partial charge in [-0.05, 0) is 50.5 Å². The van der Waals surface area contributed by atoms with Gasteiger partial charge in [-0.15, -0.1) is 0 Å². The van der Waals surface area contributed by atoms with Gasteiger partial charge in [0.1, 0.15) is 5.78 Å². The van der Waals surface area contributed by atoms with Crippen molar-refractivity contribution in [2.75, 3.05) is 0 Å². The predicted molar refractivity (Wildman–Crippen MR) is 115 cm³/mol. The van der Waals surface area contributed by atoms with Gasteiger partial charge in [-0.1, -0.05) is 65.3 Å². The highest BCUT2D eigenvalue weighted by Crippen LogP contribution is 2.35. The van der Waals surface area contributed by atoms with Gasteiger partial charge in [0.05, 0.1) is 6.04 Å². The van der Waals surface area contributed by atoms with E-state index < -0.39 is 23.6 Å². The van der Waals surface area contributed by atoms with E-state index in [1.807, 2.05) is 82.3 Å². The van der Waals surface area contributed by atoms with Gasteiger partial charge in [-0.25, -0.2) is 4.79 Å². The maximum absolute atomic E-state index is 13.0. The zero-order valence-corrected chi connectivity index (χ0v) is 18.4. The lowest BCUT2D eigenvalue weighted by Gasteiger charge is -2.42. The smallest absolute Gasteiger partial charge is 0.408 e. The highest BCUT2D eigenvalue weighted by Gasteiger charge is 2.39. The Hall–Kier alpha value is -2.14. The molecule has 0 aromatic heterocycles. The van der Waals surface area contributed by atoms with Crippen molar-refractivity contribution in [1.82, 2.24) is 4.90 Å². The summed E-state index contributed by atoms with van der Waals surface area (Å²) >= 11 is 3.41. The molecule has 150 valence electrons. The van der Waals surface area contributed by atoms with Crippen molar-refractivity contribution in [3.05, 3.63) is 70.2 Å². The topological polar surface area (TPSA) is 57.6 Å². The average Bonchev–Trinajstić information content (AvgIpc) is 2.64. The lowest BCUT2D eigenvalue weighted by Crippen LogP contribution is -2.50. The van der Waals surface area contributed by atoms with E-state index >= 15 is 0 Å². The number of hydrogen-bond donors (Lipinski definition) is 1. The molecule has 0 aliphatic carbocycles. The Labute approximate surface area is 175 Å². The first-order valence-electron chi connectivity index (χ1n) is 9.45. The van der Waals surface area contributed by atoms with E-state index in [1.165, 1.54) is 4.90 Å². The third kappa shape index (κ3) is 5.68. The molecule has 1 amide bonds. The number of carbonyl (C=O) groups excluding carboxylic acids is 1. The number of carboxylic acid groups (broad SMARTS) is 1. The Morgan fingerprint density at radius 1 is 1.04 bits per heavy atom. The maximum atomic E-state index is 13.0. The summed E-state index contributed by atoms with van der Waals surface area (Å²) in [4.78, 5) is 26.5. The summed E-state index contributed by atoms with van der Waals surface area (Å²) in [7, 11) is 0. The average molecular weight is 446 g/mol. The maximum Gasteiger partial charge on any atom is 0.408 e. The molecule has 2 rings (SSSR count). The molecule has 5 heteroatoms. The van der Waals surface area contributed by atoms with Crippen LogP contribution in [0.2, 0.25) is 0 Å². The summed E-state index contributed by atoms with van der Waals surface area (Å²) in [5, 5.41) is 9.92. The number of ketones is 1. The minimum Gasteiger partial charge on any atom is -0.465 e. The molecule has 0 aliphatic heterocycles. The monoisotopic (exact) mass is 445 g/mol. The molecule has 0 aliphatic rings. The highest BCUT2D eigenvalue weighted by atomic mass is 79.9. The van der Waals surface area contributed by atoms with Crippen molar-refractivity contribution in [1.29, 1.82) is 0 Å². The van der Waals surface area contributed by atoms with Crippen LogP contribution in [0.25, 0.3) is 0 Å². The molecule has 2 unspecified atom stereocenters. The second-order valence-electron chi connectivity index (χ2n) is 8.06. The van der Waals surface area contributed by atoms with Crippen LogP contribution in [0.1, 0.15) is 51.3 Å². The van der Waals surface area contributed by atoms with Gasteiger partial charge in [0.15, 0.2) is 0 Å². The number of amides is 1. The first kappa shape index (κ1) is 22.2. The lowest BCUT2D eigenvalue weighted by molar-refractivity contribution is -0.124. The second kappa shape index (κ2) is 9.37.